The van der Waals surface area contributed by atoms with Gasteiger partial charge in [-0.2, -0.15) is 11.8 Å². The maximum absolute atomic E-state index is 5.96. The van der Waals surface area contributed by atoms with Crippen LogP contribution >= 0.6 is 23.4 Å². The van der Waals surface area contributed by atoms with Gasteiger partial charge in [-0.25, -0.2) is 0 Å². The zero-order chi connectivity index (χ0) is 15.9. The monoisotopic (exact) mass is 329 g/mol. The third-order valence-corrected chi connectivity index (χ3v) is 4.64. The molecule has 0 saturated heterocycles. The van der Waals surface area contributed by atoms with Crippen molar-refractivity contribution < 1.29 is 4.74 Å². The second-order valence-corrected chi connectivity index (χ2v) is 7.15. The van der Waals surface area contributed by atoms with Crippen LogP contribution < -0.4 is 15.4 Å². The van der Waals surface area contributed by atoms with Crippen LogP contribution in [-0.4, -0.2) is 37.7 Å². The van der Waals surface area contributed by atoms with Crippen molar-refractivity contribution in [3.63, 3.8) is 0 Å². The van der Waals surface area contributed by atoms with Crippen LogP contribution in [0.5, 0.6) is 5.75 Å². The number of guanidine groups is 1. The Morgan fingerprint density at radius 1 is 1.38 bits per heavy atom. The summed E-state index contributed by atoms with van der Waals surface area (Å²) in [7, 11) is 3.41. The number of rotatable bonds is 6. The van der Waals surface area contributed by atoms with E-state index in [2.05, 4.69) is 35.7 Å². The molecule has 4 nitrogen and oxygen atoms in total. The molecule has 1 aromatic rings. The molecule has 0 aliphatic carbocycles. The van der Waals surface area contributed by atoms with Crippen molar-refractivity contribution in [2.75, 3.05) is 27.0 Å². The van der Waals surface area contributed by atoms with Gasteiger partial charge in [-0.3, -0.25) is 4.99 Å². The maximum Gasteiger partial charge on any atom is 0.191 e. The van der Waals surface area contributed by atoms with Crippen molar-refractivity contribution in [2.24, 2.45) is 4.99 Å². The topological polar surface area (TPSA) is 45.7 Å². The fourth-order valence-electron chi connectivity index (χ4n) is 1.63. The lowest BCUT2D eigenvalue weighted by molar-refractivity contribution is 0.409. The molecule has 6 heteroatoms. The lowest BCUT2D eigenvalue weighted by atomic mass is 10.2. The average molecular weight is 330 g/mol. The molecular formula is C15H24ClN3OS. The third kappa shape index (κ3) is 6.06. The fraction of sp³-hybridized carbons (Fsp3) is 0.533. The largest absolute Gasteiger partial charge is 0.496 e. The second kappa shape index (κ2) is 8.39. The first-order chi connectivity index (χ1) is 9.91. The number of ether oxygens (including phenoxy) is 1. The molecule has 0 heterocycles. The molecule has 0 aliphatic rings. The van der Waals surface area contributed by atoms with Crippen molar-refractivity contribution in [1.29, 1.82) is 0 Å². The standard InChI is InChI=1S/C15H24ClN3OS/c1-15(2,21-5)10-19-14(17-3)18-9-11-6-7-12(16)8-13(11)20-4/h6-8H,9-10H2,1-5H3,(H2,17,18,19). The fourth-order valence-corrected chi connectivity index (χ4v) is 2.01. The summed E-state index contributed by atoms with van der Waals surface area (Å²) < 4.78 is 5.50. The van der Waals surface area contributed by atoms with Crippen LogP contribution in [0.4, 0.5) is 0 Å². The Kier molecular flexibility index (Phi) is 7.18. The molecule has 21 heavy (non-hydrogen) atoms. The SMILES string of the molecule is CN=C(NCc1ccc(Cl)cc1OC)NCC(C)(C)SC. The number of hydrogen-bond donors (Lipinski definition) is 2. The van der Waals surface area contributed by atoms with Crippen molar-refractivity contribution in [3.05, 3.63) is 28.8 Å². The predicted molar refractivity (Wildman–Crippen MR) is 93.8 cm³/mol. The number of aliphatic imine (C=N–C) groups is 1. The molecule has 0 spiro atoms. The molecule has 0 aliphatic heterocycles. The first-order valence-corrected chi connectivity index (χ1v) is 8.34. The smallest absolute Gasteiger partial charge is 0.191 e. The van der Waals surface area contributed by atoms with Gasteiger partial charge in [-0.05, 0) is 32.2 Å². The third-order valence-electron chi connectivity index (χ3n) is 3.15. The van der Waals surface area contributed by atoms with Gasteiger partial charge in [0.25, 0.3) is 0 Å². The summed E-state index contributed by atoms with van der Waals surface area (Å²) in [6.45, 7) is 5.85. The van der Waals surface area contributed by atoms with Gasteiger partial charge in [-0.15, -0.1) is 0 Å². The van der Waals surface area contributed by atoms with Gasteiger partial charge in [0.15, 0.2) is 5.96 Å². The van der Waals surface area contributed by atoms with E-state index < -0.39 is 0 Å². The van der Waals surface area contributed by atoms with Crippen LogP contribution in [0.3, 0.4) is 0 Å². The second-order valence-electron chi connectivity index (χ2n) is 5.20. The number of methoxy groups -OCH3 is 1. The van der Waals surface area contributed by atoms with Crippen LogP contribution in [0, 0.1) is 0 Å². The van der Waals surface area contributed by atoms with Crippen LogP contribution in [0.1, 0.15) is 19.4 Å². The van der Waals surface area contributed by atoms with E-state index in [4.69, 9.17) is 16.3 Å². The summed E-state index contributed by atoms with van der Waals surface area (Å²) >= 11 is 7.78. The van der Waals surface area contributed by atoms with Crippen molar-refractivity contribution in [1.82, 2.24) is 10.6 Å². The summed E-state index contributed by atoms with van der Waals surface area (Å²) in [5.74, 6) is 1.55. The molecule has 0 bridgehead atoms. The minimum absolute atomic E-state index is 0.162. The van der Waals surface area contributed by atoms with Gasteiger partial charge in [0.1, 0.15) is 5.75 Å². The summed E-state index contributed by atoms with van der Waals surface area (Å²) in [5, 5.41) is 7.28. The van der Waals surface area contributed by atoms with Crippen LogP contribution in [0.25, 0.3) is 0 Å². The van der Waals surface area contributed by atoms with Crippen molar-refractivity contribution in [2.45, 2.75) is 25.1 Å². The molecule has 0 saturated carbocycles. The quantitative estimate of drug-likeness (QED) is 0.621. The normalized spacial score (nSPS) is 12.2. The highest BCUT2D eigenvalue weighted by atomic mass is 35.5. The molecule has 118 valence electrons. The Labute approximate surface area is 136 Å². The molecule has 1 rings (SSSR count). The summed E-state index contributed by atoms with van der Waals surface area (Å²) in [6.07, 6.45) is 2.11. The molecule has 2 N–H and O–H groups in total. The van der Waals surface area contributed by atoms with Gasteiger partial charge in [0, 0.05) is 35.5 Å². The van der Waals surface area contributed by atoms with Gasteiger partial charge >= 0.3 is 0 Å². The molecule has 1 aromatic carbocycles. The van der Waals surface area contributed by atoms with Crippen LogP contribution in [0.15, 0.2) is 23.2 Å². The van der Waals surface area contributed by atoms with Crippen molar-refractivity contribution >= 4 is 29.3 Å². The zero-order valence-corrected chi connectivity index (χ0v) is 14.9. The zero-order valence-electron chi connectivity index (χ0n) is 13.3. The van der Waals surface area contributed by atoms with Crippen LogP contribution in [-0.2, 0) is 6.54 Å². The van der Waals surface area contributed by atoms with E-state index in [0.717, 1.165) is 23.8 Å². The Bertz CT molecular complexity index is 492. The molecular weight excluding hydrogens is 306 g/mol. The number of nitrogens with one attached hydrogen (secondary N) is 2. The van der Waals surface area contributed by atoms with Crippen LogP contribution in [0.2, 0.25) is 5.02 Å². The van der Waals surface area contributed by atoms with Gasteiger partial charge in [0.05, 0.1) is 7.11 Å². The Balaban J connectivity index is 2.60. The molecule has 0 aromatic heterocycles. The van der Waals surface area contributed by atoms with Gasteiger partial charge in [0.2, 0.25) is 0 Å². The number of halogens is 1. The number of hydrogen-bond acceptors (Lipinski definition) is 3. The molecule has 0 unspecified atom stereocenters. The lowest BCUT2D eigenvalue weighted by Crippen LogP contribution is -2.43. The van der Waals surface area contributed by atoms with Gasteiger partial charge in [-0.1, -0.05) is 17.7 Å². The van der Waals surface area contributed by atoms with E-state index in [0.29, 0.717) is 11.6 Å². The Hall–Kier alpha value is -1.07. The molecule has 0 radical (unpaired) electrons. The highest BCUT2D eigenvalue weighted by molar-refractivity contribution is 7.99. The minimum atomic E-state index is 0.162. The van der Waals surface area contributed by atoms with E-state index in [1.54, 1.807) is 14.2 Å². The first kappa shape index (κ1) is 18.0. The average Bonchev–Trinajstić information content (AvgIpc) is 2.48. The van der Waals surface area contributed by atoms with E-state index in [1.165, 1.54) is 0 Å². The summed E-state index contributed by atoms with van der Waals surface area (Å²) in [4.78, 5) is 4.23. The predicted octanol–water partition coefficient (Wildman–Crippen LogP) is 3.16. The maximum atomic E-state index is 5.96. The number of nitrogens with zero attached hydrogens (tertiary/aromatic N) is 1. The molecule has 0 atom stereocenters. The molecule has 0 amide bonds. The van der Waals surface area contributed by atoms with Crippen molar-refractivity contribution in [3.8, 4) is 5.75 Å². The summed E-state index contributed by atoms with van der Waals surface area (Å²) in [5.41, 5.74) is 1.04. The Morgan fingerprint density at radius 3 is 2.67 bits per heavy atom. The highest BCUT2D eigenvalue weighted by Crippen LogP contribution is 2.23. The van der Waals surface area contributed by atoms with E-state index in [-0.39, 0.29) is 4.75 Å². The number of benzene rings is 1. The minimum Gasteiger partial charge on any atom is -0.496 e. The number of thioether (sulfide) groups is 1. The van der Waals surface area contributed by atoms with E-state index in [9.17, 15) is 0 Å². The summed E-state index contributed by atoms with van der Waals surface area (Å²) in [6, 6.07) is 5.62. The lowest BCUT2D eigenvalue weighted by Gasteiger charge is -2.24. The Morgan fingerprint density at radius 2 is 2.10 bits per heavy atom. The molecule has 0 fully saturated rings. The van der Waals surface area contributed by atoms with E-state index >= 15 is 0 Å². The highest BCUT2D eigenvalue weighted by Gasteiger charge is 2.16. The van der Waals surface area contributed by atoms with Gasteiger partial charge < -0.3 is 15.4 Å². The first-order valence-electron chi connectivity index (χ1n) is 6.74. The van der Waals surface area contributed by atoms with E-state index in [1.807, 2.05) is 30.0 Å².